The van der Waals surface area contributed by atoms with E-state index in [-0.39, 0.29) is 43.7 Å². The maximum Gasteiger partial charge on any atom is 0.190 e. The summed E-state index contributed by atoms with van der Waals surface area (Å²) in [7, 11) is -1.81. The quantitative estimate of drug-likeness (QED) is 0.119. The molecule has 0 saturated heterocycles. The maximum atomic E-state index is 14.6. The van der Waals surface area contributed by atoms with Crippen LogP contribution < -0.4 is 0 Å². The van der Waals surface area contributed by atoms with Crippen molar-refractivity contribution in [2.24, 2.45) is 0 Å². The van der Waals surface area contributed by atoms with E-state index in [2.05, 4.69) is 0 Å². The van der Waals surface area contributed by atoms with E-state index >= 15 is 0 Å². The molecule has 0 bridgehead atoms. The van der Waals surface area contributed by atoms with Gasteiger partial charge in [-0.15, -0.1) is 0 Å². The van der Waals surface area contributed by atoms with Gasteiger partial charge in [0.1, 0.15) is 18.0 Å². The molecule has 5 rings (SSSR count). The molecule has 254 valence electrons. The Kier molecular flexibility index (Phi) is 13.9. The monoisotopic (exact) mass is 672 g/mol. The highest BCUT2D eigenvalue weighted by Gasteiger charge is 2.47. The van der Waals surface area contributed by atoms with Crippen LogP contribution in [0, 0.1) is 0 Å². The molecule has 1 aliphatic heterocycles. The van der Waals surface area contributed by atoms with Crippen molar-refractivity contribution in [2.45, 2.75) is 69.3 Å². The Labute approximate surface area is 285 Å². The van der Waals surface area contributed by atoms with Gasteiger partial charge in [0.25, 0.3) is 0 Å². The second kappa shape index (κ2) is 18.8. The van der Waals surface area contributed by atoms with Crippen molar-refractivity contribution < 1.29 is 37.7 Å². The summed E-state index contributed by atoms with van der Waals surface area (Å²) in [5.74, 6) is 0.0648. The fraction of sp³-hybridized carbons (Fsp3) is 0.333. The lowest BCUT2D eigenvalue weighted by Gasteiger charge is -2.41. The predicted octanol–water partition coefficient (Wildman–Crippen LogP) is 6.55. The number of aliphatic hydroxyl groups excluding tert-OH is 1. The number of hydrogen-bond acceptors (Lipinski definition) is 8. The van der Waals surface area contributed by atoms with Gasteiger partial charge in [0.05, 0.1) is 42.1 Å². The molecular formula is C39H44O8S. The summed E-state index contributed by atoms with van der Waals surface area (Å²) in [5.41, 5.74) is 2.88. The summed E-state index contributed by atoms with van der Waals surface area (Å²) in [6.45, 7) is 5.10. The Morgan fingerprint density at radius 1 is 0.688 bits per heavy atom. The van der Waals surface area contributed by atoms with Crippen molar-refractivity contribution in [1.29, 1.82) is 0 Å². The minimum absolute atomic E-state index is 0.0648. The third-order valence-corrected chi connectivity index (χ3v) is 9.27. The highest BCUT2D eigenvalue weighted by atomic mass is 32.2. The molecule has 1 unspecified atom stereocenters. The van der Waals surface area contributed by atoms with E-state index < -0.39 is 41.5 Å². The molecule has 0 amide bonds. The molecule has 0 radical (unpaired) electrons. The molecule has 1 heterocycles. The van der Waals surface area contributed by atoms with Gasteiger partial charge in [0.2, 0.25) is 0 Å². The molecule has 0 aromatic heterocycles. The van der Waals surface area contributed by atoms with Crippen LogP contribution in [0.15, 0.2) is 137 Å². The highest BCUT2D eigenvalue weighted by molar-refractivity contribution is 7.89. The van der Waals surface area contributed by atoms with E-state index in [4.69, 9.17) is 28.4 Å². The molecule has 5 atom stereocenters. The Morgan fingerprint density at radius 2 is 1.17 bits per heavy atom. The summed E-state index contributed by atoms with van der Waals surface area (Å²) in [6.07, 6.45) is -4.89. The summed E-state index contributed by atoms with van der Waals surface area (Å²) < 4.78 is 52.4. The fourth-order valence-corrected chi connectivity index (χ4v) is 6.85. The second-order valence-corrected chi connectivity index (χ2v) is 12.6. The van der Waals surface area contributed by atoms with Gasteiger partial charge < -0.3 is 33.5 Å². The van der Waals surface area contributed by atoms with Gasteiger partial charge in [-0.3, -0.25) is 0 Å². The van der Waals surface area contributed by atoms with Crippen LogP contribution in [0.3, 0.4) is 0 Å². The second-order valence-electron chi connectivity index (χ2n) is 11.2. The molecule has 0 fully saturated rings. The van der Waals surface area contributed by atoms with Gasteiger partial charge in [0, 0.05) is 18.1 Å². The minimum Gasteiger partial charge on any atom is -0.485 e. The molecule has 0 spiro atoms. The van der Waals surface area contributed by atoms with Crippen LogP contribution in [0.25, 0.3) is 0 Å². The average molecular weight is 673 g/mol. The molecule has 1 aliphatic rings. The zero-order valence-corrected chi connectivity index (χ0v) is 28.2. The van der Waals surface area contributed by atoms with Gasteiger partial charge in [0.15, 0.2) is 18.5 Å². The summed E-state index contributed by atoms with van der Waals surface area (Å²) in [4.78, 5) is 0.783. The van der Waals surface area contributed by atoms with Crippen LogP contribution in [0.2, 0.25) is 0 Å². The lowest BCUT2D eigenvalue weighted by atomic mass is 10.0. The molecule has 1 N–H and O–H groups in total. The van der Waals surface area contributed by atoms with Gasteiger partial charge >= 0.3 is 0 Å². The van der Waals surface area contributed by atoms with E-state index in [1.165, 1.54) is 0 Å². The summed E-state index contributed by atoms with van der Waals surface area (Å²) in [5, 5.41) is 11.9. The summed E-state index contributed by atoms with van der Waals surface area (Å²) >= 11 is 0. The van der Waals surface area contributed by atoms with Crippen LogP contribution in [0.4, 0.5) is 0 Å². The third-order valence-electron chi connectivity index (χ3n) is 7.74. The Hall–Kier alpha value is -3.67. The fourth-order valence-electron chi connectivity index (χ4n) is 5.43. The molecule has 4 aromatic rings. The molecular weight excluding hydrogens is 628 g/mol. The lowest BCUT2D eigenvalue weighted by molar-refractivity contribution is -0.206. The largest absolute Gasteiger partial charge is 0.485 e. The van der Waals surface area contributed by atoms with Crippen molar-refractivity contribution in [1.82, 2.24) is 0 Å². The van der Waals surface area contributed by atoms with E-state index in [1.54, 1.807) is 12.1 Å². The highest BCUT2D eigenvalue weighted by Crippen LogP contribution is 2.37. The van der Waals surface area contributed by atoms with E-state index in [1.807, 2.05) is 123 Å². The maximum absolute atomic E-state index is 14.6. The first-order valence-electron chi connectivity index (χ1n) is 16.3. The van der Waals surface area contributed by atoms with Crippen LogP contribution in [-0.2, 0) is 59.0 Å². The number of ether oxygens (including phenoxy) is 6. The van der Waals surface area contributed by atoms with Gasteiger partial charge in [-0.25, -0.2) is 4.21 Å². The lowest BCUT2D eigenvalue weighted by Crippen LogP contribution is -2.52. The number of aliphatic hydroxyl groups is 1. The smallest absolute Gasteiger partial charge is 0.190 e. The molecule has 0 saturated carbocycles. The SMILES string of the molecule is CCOC(OCC)[C@H](O)C1=C(S(=O)c2ccccc2)[C@@H](OCc2ccccc2)[C@@H](OCc2ccccc2)[C@@H](COCc2ccccc2)O1. The Bertz CT molecular complexity index is 1550. The van der Waals surface area contributed by atoms with Gasteiger partial charge in [-0.05, 0) is 42.7 Å². The van der Waals surface area contributed by atoms with Gasteiger partial charge in [-0.1, -0.05) is 109 Å². The molecule has 8 nitrogen and oxygen atoms in total. The Morgan fingerprint density at radius 3 is 1.69 bits per heavy atom. The van der Waals surface area contributed by atoms with Crippen LogP contribution >= 0.6 is 0 Å². The van der Waals surface area contributed by atoms with Crippen LogP contribution in [-0.4, -0.2) is 59.8 Å². The predicted molar refractivity (Wildman–Crippen MR) is 184 cm³/mol. The van der Waals surface area contributed by atoms with Crippen molar-refractivity contribution in [3.63, 3.8) is 0 Å². The van der Waals surface area contributed by atoms with Crippen molar-refractivity contribution in [2.75, 3.05) is 19.8 Å². The van der Waals surface area contributed by atoms with E-state index in [9.17, 15) is 9.32 Å². The first-order valence-corrected chi connectivity index (χ1v) is 17.5. The Balaban J connectivity index is 1.59. The minimum atomic E-state index is -1.81. The molecule has 9 heteroatoms. The summed E-state index contributed by atoms with van der Waals surface area (Å²) in [6, 6.07) is 38.5. The number of benzene rings is 4. The van der Waals surface area contributed by atoms with Crippen molar-refractivity contribution >= 4 is 10.8 Å². The average Bonchev–Trinajstić information content (AvgIpc) is 3.14. The van der Waals surface area contributed by atoms with Gasteiger partial charge in [-0.2, -0.15) is 0 Å². The van der Waals surface area contributed by atoms with E-state index in [0.29, 0.717) is 11.5 Å². The molecule has 4 aromatic carbocycles. The van der Waals surface area contributed by atoms with Crippen molar-refractivity contribution in [3.05, 3.63) is 149 Å². The standard InChI is InChI=1S/C39H44O8S/c1-3-43-39(44-4-2)34(40)36-38(48(41)32-23-15-8-16-24-32)37(46-27-31-21-13-7-14-22-31)35(45-26-30-19-11-6-12-20-30)33(47-36)28-42-25-29-17-9-5-10-18-29/h5-24,33-35,37,39-40H,3-4,25-28H2,1-2H3/t33-,34-,35+,37+,48?/m1/s1. The van der Waals surface area contributed by atoms with Crippen molar-refractivity contribution in [3.8, 4) is 0 Å². The zero-order valence-electron chi connectivity index (χ0n) is 27.4. The first kappa shape index (κ1) is 35.6. The van der Waals surface area contributed by atoms with Crippen LogP contribution in [0.1, 0.15) is 30.5 Å². The molecule has 48 heavy (non-hydrogen) atoms. The third kappa shape index (κ3) is 9.70. The number of rotatable bonds is 18. The topological polar surface area (TPSA) is 92.7 Å². The van der Waals surface area contributed by atoms with Crippen LogP contribution in [0.5, 0.6) is 0 Å². The van der Waals surface area contributed by atoms with E-state index in [0.717, 1.165) is 16.7 Å². The normalized spacial score (nSPS) is 19.2. The first-order chi connectivity index (χ1) is 23.6. The zero-order chi connectivity index (χ0) is 33.6. The molecule has 0 aliphatic carbocycles. The number of hydrogen-bond donors (Lipinski definition) is 1.